The van der Waals surface area contributed by atoms with Gasteiger partial charge in [-0.3, -0.25) is 0 Å². The molecule has 0 unspecified atom stereocenters. The van der Waals surface area contributed by atoms with Crippen LogP contribution in [-0.4, -0.2) is 14.5 Å². The van der Waals surface area contributed by atoms with Gasteiger partial charge in [-0.25, -0.2) is 9.97 Å². The zero-order chi connectivity index (χ0) is 29.4. The third-order valence-corrected chi connectivity index (χ3v) is 9.37. The van der Waals surface area contributed by atoms with Crippen LogP contribution in [0.4, 0.5) is 0 Å². The standard InChI is InChI=1S/C41H29N3/c1-41(2)33-25-22-26-12-6-7-15-30(26)36(33)39-37(41)32-17-9-11-19-35(32)44(39)29-23-20-28(21-24-29)40-42-34-18-10-8-16-31(34)38(43-40)27-13-4-3-5-14-27/h3-25H,1-2H3. The molecule has 6 aromatic carbocycles. The summed E-state index contributed by atoms with van der Waals surface area (Å²) >= 11 is 0. The summed E-state index contributed by atoms with van der Waals surface area (Å²) in [6.45, 7) is 4.74. The fraction of sp³-hybridized carbons (Fsp3) is 0.0732. The topological polar surface area (TPSA) is 30.7 Å². The second-order valence-electron chi connectivity index (χ2n) is 12.2. The molecule has 0 radical (unpaired) electrons. The van der Waals surface area contributed by atoms with Crippen LogP contribution in [0.5, 0.6) is 0 Å². The molecular weight excluding hydrogens is 534 g/mol. The molecule has 0 N–H and O–H groups in total. The van der Waals surface area contributed by atoms with Crippen LogP contribution in [-0.2, 0) is 5.41 Å². The Bertz CT molecular complexity index is 2400. The molecule has 2 aromatic heterocycles. The number of aromatic nitrogens is 3. The molecule has 0 saturated heterocycles. The lowest BCUT2D eigenvalue weighted by Gasteiger charge is -2.21. The quantitative estimate of drug-likeness (QED) is 0.214. The van der Waals surface area contributed by atoms with Crippen molar-refractivity contribution in [3.63, 3.8) is 0 Å². The van der Waals surface area contributed by atoms with E-state index in [0.29, 0.717) is 0 Å². The van der Waals surface area contributed by atoms with Crippen LogP contribution >= 0.6 is 0 Å². The average Bonchev–Trinajstić information content (AvgIpc) is 3.54. The molecule has 9 rings (SSSR count). The van der Waals surface area contributed by atoms with Crippen LogP contribution in [0.2, 0.25) is 0 Å². The van der Waals surface area contributed by atoms with Crippen molar-refractivity contribution < 1.29 is 0 Å². The number of rotatable bonds is 3. The predicted octanol–water partition coefficient (Wildman–Crippen LogP) is 10.4. The first-order valence-electron chi connectivity index (χ1n) is 15.2. The van der Waals surface area contributed by atoms with Gasteiger partial charge in [-0.05, 0) is 58.3 Å². The molecule has 2 heterocycles. The van der Waals surface area contributed by atoms with E-state index in [9.17, 15) is 0 Å². The van der Waals surface area contributed by atoms with Gasteiger partial charge in [0, 0.05) is 38.6 Å². The van der Waals surface area contributed by atoms with E-state index in [4.69, 9.17) is 9.97 Å². The number of nitrogens with zero attached hydrogens (tertiary/aromatic N) is 3. The van der Waals surface area contributed by atoms with E-state index in [1.165, 1.54) is 44.1 Å². The molecule has 44 heavy (non-hydrogen) atoms. The second-order valence-corrected chi connectivity index (χ2v) is 12.2. The summed E-state index contributed by atoms with van der Waals surface area (Å²) in [5.41, 5.74) is 11.6. The van der Waals surface area contributed by atoms with Crippen molar-refractivity contribution >= 4 is 32.6 Å². The third kappa shape index (κ3) is 3.50. The lowest BCUT2D eigenvalue weighted by Crippen LogP contribution is -2.14. The largest absolute Gasteiger partial charge is 0.309 e. The van der Waals surface area contributed by atoms with E-state index < -0.39 is 0 Å². The summed E-state index contributed by atoms with van der Waals surface area (Å²) in [5, 5.41) is 4.93. The second kappa shape index (κ2) is 9.23. The molecule has 0 spiro atoms. The van der Waals surface area contributed by atoms with E-state index in [1.54, 1.807) is 0 Å². The van der Waals surface area contributed by atoms with Crippen LogP contribution in [0.25, 0.3) is 72.2 Å². The summed E-state index contributed by atoms with van der Waals surface area (Å²) in [7, 11) is 0. The van der Waals surface area contributed by atoms with Crippen molar-refractivity contribution in [2.45, 2.75) is 19.3 Å². The molecule has 1 aliphatic rings. The fourth-order valence-corrected chi connectivity index (χ4v) is 7.34. The molecule has 0 aliphatic heterocycles. The zero-order valence-corrected chi connectivity index (χ0v) is 24.6. The summed E-state index contributed by atoms with van der Waals surface area (Å²) < 4.78 is 2.46. The first-order valence-corrected chi connectivity index (χ1v) is 15.2. The first-order chi connectivity index (χ1) is 21.6. The SMILES string of the molecule is CC1(C)c2ccc3ccccc3c2-c2c1c1ccccc1n2-c1ccc(-c2nc(-c3ccccc3)c3ccccc3n2)cc1. The lowest BCUT2D eigenvalue weighted by molar-refractivity contribution is 0.667. The highest BCUT2D eigenvalue weighted by molar-refractivity contribution is 6.08. The van der Waals surface area contributed by atoms with E-state index in [0.717, 1.165) is 39.2 Å². The summed E-state index contributed by atoms with van der Waals surface area (Å²) in [4.78, 5) is 10.1. The molecule has 0 bridgehead atoms. The number of fused-ring (bicyclic) bond motifs is 8. The van der Waals surface area contributed by atoms with Crippen LogP contribution in [0.15, 0.2) is 140 Å². The Morgan fingerprint density at radius 1 is 0.545 bits per heavy atom. The Morgan fingerprint density at radius 2 is 1.23 bits per heavy atom. The monoisotopic (exact) mass is 563 g/mol. The van der Waals surface area contributed by atoms with Crippen molar-refractivity contribution in [3.8, 4) is 39.6 Å². The van der Waals surface area contributed by atoms with E-state index >= 15 is 0 Å². The van der Waals surface area contributed by atoms with Gasteiger partial charge in [0.1, 0.15) is 0 Å². The van der Waals surface area contributed by atoms with Gasteiger partial charge < -0.3 is 4.57 Å². The Kier molecular flexibility index (Phi) is 5.24. The minimum absolute atomic E-state index is 0.119. The van der Waals surface area contributed by atoms with Crippen molar-refractivity contribution in [1.29, 1.82) is 0 Å². The van der Waals surface area contributed by atoms with E-state index in [-0.39, 0.29) is 5.41 Å². The van der Waals surface area contributed by atoms with Crippen LogP contribution in [0.3, 0.4) is 0 Å². The summed E-state index contributed by atoms with van der Waals surface area (Å²) in [6.07, 6.45) is 0. The van der Waals surface area contributed by atoms with E-state index in [2.05, 4.69) is 146 Å². The summed E-state index contributed by atoms with van der Waals surface area (Å²) in [6, 6.07) is 49.6. The van der Waals surface area contributed by atoms with Crippen LogP contribution < -0.4 is 0 Å². The molecule has 208 valence electrons. The summed E-state index contributed by atoms with van der Waals surface area (Å²) in [5.74, 6) is 0.731. The highest BCUT2D eigenvalue weighted by Crippen LogP contribution is 2.55. The van der Waals surface area contributed by atoms with Gasteiger partial charge >= 0.3 is 0 Å². The Morgan fingerprint density at radius 3 is 2.05 bits per heavy atom. The fourth-order valence-electron chi connectivity index (χ4n) is 7.34. The smallest absolute Gasteiger partial charge is 0.160 e. The average molecular weight is 564 g/mol. The Hall–Kier alpha value is -5.54. The van der Waals surface area contributed by atoms with Gasteiger partial charge in [-0.15, -0.1) is 0 Å². The van der Waals surface area contributed by atoms with Gasteiger partial charge in [-0.1, -0.05) is 117 Å². The lowest BCUT2D eigenvalue weighted by atomic mass is 9.81. The van der Waals surface area contributed by atoms with Gasteiger partial charge in [0.25, 0.3) is 0 Å². The maximum Gasteiger partial charge on any atom is 0.160 e. The number of para-hydroxylation sites is 2. The minimum atomic E-state index is -0.119. The molecule has 0 atom stereocenters. The number of benzene rings is 6. The molecule has 0 fully saturated rings. The molecule has 3 heteroatoms. The van der Waals surface area contributed by atoms with Gasteiger partial charge in [-0.2, -0.15) is 0 Å². The van der Waals surface area contributed by atoms with Crippen LogP contribution in [0, 0.1) is 0 Å². The van der Waals surface area contributed by atoms with Gasteiger partial charge in [0.05, 0.1) is 22.4 Å². The van der Waals surface area contributed by atoms with Crippen molar-refractivity contribution in [2.75, 3.05) is 0 Å². The number of hydrogen-bond donors (Lipinski definition) is 0. The maximum absolute atomic E-state index is 5.11. The van der Waals surface area contributed by atoms with Gasteiger partial charge in [0.2, 0.25) is 0 Å². The molecule has 0 amide bonds. The van der Waals surface area contributed by atoms with Crippen molar-refractivity contribution in [1.82, 2.24) is 14.5 Å². The molecule has 1 aliphatic carbocycles. The highest BCUT2D eigenvalue weighted by Gasteiger charge is 2.41. The molecule has 3 nitrogen and oxygen atoms in total. The maximum atomic E-state index is 5.11. The molecule has 0 saturated carbocycles. The predicted molar refractivity (Wildman–Crippen MR) is 182 cm³/mol. The molecular formula is C41H29N3. The van der Waals surface area contributed by atoms with Crippen molar-refractivity contribution in [2.24, 2.45) is 0 Å². The minimum Gasteiger partial charge on any atom is -0.309 e. The van der Waals surface area contributed by atoms with Gasteiger partial charge in [0.15, 0.2) is 5.82 Å². The Balaban J connectivity index is 1.26. The zero-order valence-electron chi connectivity index (χ0n) is 24.6. The molecule has 8 aromatic rings. The normalized spacial score (nSPS) is 13.4. The third-order valence-electron chi connectivity index (χ3n) is 9.37. The Labute approximate surface area is 256 Å². The van der Waals surface area contributed by atoms with E-state index in [1.807, 2.05) is 12.1 Å². The number of hydrogen-bond acceptors (Lipinski definition) is 2. The first kappa shape index (κ1) is 25.0. The van der Waals surface area contributed by atoms with Crippen LogP contribution in [0.1, 0.15) is 25.0 Å². The highest BCUT2D eigenvalue weighted by atomic mass is 15.0. The van der Waals surface area contributed by atoms with Crippen molar-refractivity contribution in [3.05, 3.63) is 151 Å².